The molecule has 0 aliphatic heterocycles. The zero-order chi connectivity index (χ0) is 16.2. The second kappa shape index (κ2) is 6.10. The molecule has 3 rings (SSSR count). The minimum atomic E-state index is -0.521. The third-order valence-electron chi connectivity index (χ3n) is 3.08. The third-order valence-corrected chi connectivity index (χ3v) is 3.08. The van der Waals surface area contributed by atoms with Crippen LogP contribution in [0.5, 0.6) is 0 Å². The summed E-state index contributed by atoms with van der Waals surface area (Å²) in [6.45, 7) is 0. The van der Waals surface area contributed by atoms with Gasteiger partial charge in [-0.25, -0.2) is 0 Å². The number of hydrogen-bond acceptors (Lipinski definition) is 5. The van der Waals surface area contributed by atoms with E-state index in [0.29, 0.717) is 16.8 Å². The molecule has 2 aromatic carbocycles. The number of carbonyl (C=O) groups is 2. The van der Waals surface area contributed by atoms with Crippen LogP contribution in [0, 0.1) is 0 Å². The van der Waals surface area contributed by atoms with Gasteiger partial charge in [-0.1, -0.05) is 35.5 Å². The Bertz CT molecular complexity index is 841. The molecule has 0 atom stereocenters. The van der Waals surface area contributed by atoms with Crippen LogP contribution in [0.4, 0.5) is 5.69 Å². The summed E-state index contributed by atoms with van der Waals surface area (Å²) in [5.74, 6) is -0.918. The van der Waals surface area contributed by atoms with Crippen molar-refractivity contribution in [2.24, 2.45) is 5.73 Å². The van der Waals surface area contributed by atoms with Gasteiger partial charge < -0.3 is 15.6 Å². The highest BCUT2D eigenvalue weighted by atomic mass is 16.5. The molecule has 1 heterocycles. The molecule has 0 radical (unpaired) electrons. The Hall–Kier alpha value is -3.48. The number of benzene rings is 2. The lowest BCUT2D eigenvalue weighted by Crippen LogP contribution is -2.12. The Labute approximate surface area is 131 Å². The van der Waals surface area contributed by atoms with Crippen molar-refractivity contribution in [1.29, 1.82) is 0 Å². The van der Waals surface area contributed by atoms with Crippen molar-refractivity contribution < 1.29 is 14.1 Å². The number of aromatic nitrogens is 2. The molecule has 0 fully saturated rings. The molecule has 0 bridgehead atoms. The zero-order valence-electron chi connectivity index (χ0n) is 11.9. The van der Waals surface area contributed by atoms with Gasteiger partial charge >= 0.3 is 11.8 Å². The van der Waals surface area contributed by atoms with Crippen LogP contribution in [0.1, 0.15) is 21.0 Å². The van der Waals surface area contributed by atoms with Crippen molar-refractivity contribution in [1.82, 2.24) is 10.1 Å². The lowest BCUT2D eigenvalue weighted by Gasteiger charge is -2.00. The average molecular weight is 308 g/mol. The molecule has 23 heavy (non-hydrogen) atoms. The topological polar surface area (TPSA) is 111 Å². The maximum atomic E-state index is 12.0. The molecule has 0 spiro atoms. The molecule has 7 heteroatoms. The first kappa shape index (κ1) is 14.5. The maximum absolute atomic E-state index is 12.0. The van der Waals surface area contributed by atoms with Crippen molar-refractivity contribution in [3.63, 3.8) is 0 Å². The molecule has 0 saturated heterocycles. The number of primary amides is 1. The Morgan fingerprint density at radius 3 is 2.35 bits per heavy atom. The Morgan fingerprint density at radius 2 is 1.70 bits per heavy atom. The summed E-state index contributed by atoms with van der Waals surface area (Å²) in [6, 6.07) is 15.3. The second-order valence-corrected chi connectivity index (χ2v) is 4.68. The van der Waals surface area contributed by atoms with Gasteiger partial charge in [0.2, 0.25) is 11.7 Å². The predicted molar refractivity (Wildman–Crippen MR) is 82.6 cm³/mol. The van der Waals surface area contributed by atoms with Gasteiger partial charge in [0.1, 0.15) is 0 Å². The number of hydrogen-bond donors (Lipinski definition) is 2. The smallest absolute Gasteiger partial charge is 0.316 e. The average Bonchev–Trinajstić information content (AvgIpc) is 3.06. The van der Waals surface area contributed by atoms with Gasteiger partial charge in [-0.05, 0) is 24.3 Å². The maximum Gasteiger partial charge on any atom is 0.316 e. The normalized spacial score (nSPS) is 10.3. The molecule has 114 valence electrons. The molecule has 3 aromatic rings. The Balaban J connectivity index is 1.77. The number of nitrogens with zero attached hydrogens (tertiary/aromatic N) is 2. The summed E-state index contributed by atoms with van der Waals surface area (Å²) in [7, 11) is 0. The highest BCUT2D eigenvalue weighted by Gasteiger charge is 2.16. The summed E-state index contributed by atoms with van der Waals surface area (Å²) in [5.41, 5.74) is 6.79. The quantitative estimate of drug-likeness (QED) is 0.766. The van der Waals surface area contributed by atoms with Gasteiger partial charge in [-0.2, -0.15) is 4.98 Å². The van der Waals surface area contributed by atoms with Crippen LogP contribution in [0.2, 0.25) is 0 Å². The fourth-order valence-electron chi connectivity index (χ4n) is 1.92. The fraction of sp³-hybridized carbons (Fsp3) is 0. The largest absolute Gasteiger partial charge is 0.366 e. The Kier molecular flexibility index (Phi) is 3.84. The van der Waals surface area contributed by atoms with Gasteiger partial charge in [0.15, 0.2) is 0 Å². The van der Waals surface area contributed by atoms with E-state index in [9.17, 15) is 9.59 Å². The minimum Gasteiger partial charge on any atom is -0.366 e. The number of para-hydroxylation sites is 1. The van der Waals surface area contributed by atoms with E-state index in [2.05, 4.69) is 15.5 Å². The number of rotatable bonds is 4. The van der Waals surface area contributed by atoms with Crippen LogP contribution in [0.15, 0.2) is 59.1 Å². The lowest BCUT2D eigenvalue weighted by molar-refractivity contribution is 0.0978. The van der Waals surface area contributed by atoms with Crippen LogP contribution in [-0.4, -0.2) is 22.0 Å². The van der Waals surface area contributed by atoms with Crippen LogP contribution < -0.4 is 11.1 Å². The van der Waals surface area contributed by atoms with Crippen LogP contribution in [0.3, 0.4) is 0 Å². The zero-order valence-corrected chi connectivity index (χ0v) is 11.9. The van der Waals surface area contributed by atoms with Crippen molar-refractivity contribution >= 4 is 17.5 Å². The van der Waals surface area contributed by atoms with Crippen molar-refractivity contribution in [3.05, 3.63) is 66.1 Å². The van der Waals surface area contributed by atoms with E-state index in [1.54, 1.807) is 48.5 Å². The van der Waals surface area contributed by atoms with Gasteiger partial charge in [-0.15, -0.1) is 0 Å². The monoisotopic (exact) mass is 308 g/mol. The number of anilines is 1. The van der Waals surface area contributed by atoms with Crippen LogP contribution >= 0.6 is 0 Å². The Morgan fingerprint density at radius 1 is 1.00 bits per heavy atom. The molecule has 0 saturated carbocycles. The summed E-state index contributed by atoms with van der Waals surface area (Å²) < 4.78 is 4.97. The van der Waals surface area contributed by atoms with E-state index < -0.39 is 11.8 Å². The fourth-order valence-corrected chi connectivity index (χ4v) is 1.92. The third kappa shape index (κ3) is 3.24. The summed E-state index contributed by atoms with van der Waals surface area (Å²) >= 11 is 0. The molecule has 2 amide bonds. The summed E-state index contributed by atoms with van der Waals surface area (Å²) in [5, 5.41) is 6.41. The number of nitrogens with one attached hydrogen (secondary N) is 1. The summed E-state index contributed by atoms with van der Waals surface area (Å²) in [6.07, 6.45) is 0. The number of carbonyl (C=O) groups excluding carboxylic acids is 2. The van der Waals surface area contributed by atoms with E-state index in [4.69, 9.17) is 10.3 Å². The SMILES string of the molecule is NC(=O)c1ccc(-c2noc(C(=O)Nc3ccccc3)n2)cc1. The van der Waals surface area contributed by atoms with E-state index in [1.807, 2.05) is 6.07 Å². The summed E-state index contributed by atoms with van der Waals surface area (Å²) in [4.78, 5) is 27.1. The predicted octanol–water partition coefficient (Wildman–Crippen LogP) is 2.09. The van der Waals surface area contributed by atoms with Crippen molar-refractivity contribution in [3.8, 4) is 11.4 Å². The lowest BCUT2D eigenvalue weighted by atomic mass is 10.1. The molecular formula is C16H12N4O3. The van der Waals surface area contributed by atoms with E-state index in [-0.39, 0.29) is 11.7 Å². The van der Waals surface area contributed by atoms with Crippen LogP contribution in [0.25, 0.3) is 11.4 Å². The standard InChI is InChI=1S/C16H12N4O3/c17-13(21)10-6-8-11(9-7-10)14-19-16(23-20-14)15(22)18-12-4-2-1-3-5-12/h1-9H,(H2,17,21)(H,18,22). The molecular weight excluding hydrogens is 296 g/mol. The number of amides is 2. The van der Waals surface area contributed by atoms with Crippen LogP contribution in [-0.2, 0) is 0 Å². The minimum absolute atomic E-state index is 0.150. The van der Waals surface area contributed by atoms with Gasteiger partial charge in [-0.3, -0.25) is 9.59 Å². The second-order valence-electron chi connectivity index (χ2n) is 4.68. The molecule has 0 aliphatic carbocycles. The van der Waals surface area contributed by atoms with E-state index >= 15 is 0 Å². The molecule has 1 aromatic heterocycles. The van der Waals surface area contributed by atoms with Gasteiger partial charge in [0, 0.05) is 16.8 Å². The van der Waals surface area contributed by atoms with Gasteiger partial charge in [0.25, 0.3) is 0 Å². The van der Waals surface area contributed by atoms with Crippen molar-refractivity contribution in [2.45, 2.75) is 0 Å². The molecule has 7 nitrogen and oxygen atoms in total. The van der Waals surface area contributed by atoms with Gasteiger partial charge in [0.05, 0.1) is 0 Å². The van der Waals surface area contributed by atoms with E-state index in [0.717, 1.165) is 0 Å². The molecule has 0 unspecified atom stereocenters. The highest BCUT2D eigenvalue weighted by molar-refractivity contribution is 6.01. The highest BCUT2D eigenvalue weighted by Crippen LogP contribution is 2.17. The molecule has 3 N–H and O–H groups in total. The first-order valence-electron chi connectivity index (χ1n) is 6.74. The van der Waals surface area contributed by atoms with Crippen molar-refractivity contribution in [2.75, 3.05) is 5.32 Å². The first-order chi connectivity index (χ1) is 11.1. The number of nitrogens with two attached hydrogens (primary N) is 1. The molecule has 0 aliphatic rings. The first-order valence-corrected chi connectivity index (χ1v) is 6.74. The van der Waals surface area contributed by atoms with E-state index in [1.165, 1.54) is 0 Å².